The van der Waals surface area contributed by atoms with Crippen molar-refractivity contribution in [1.82, 2.24) is 20.0 Å². The van der Waals surface area contributed by atoms with E-state index in [9.17, 15) is 9.59 Å². The van der Waals surface area contributed by atoms with Gasteiger partial charge in [-0.05, 0) is 71.2 Å². The van der Waals surface area contributed by atoms with Gasteiger partial charge in [0.1, 0.15) is 5.69 Å². The maximum Gasteiger partial charge on any atom is 0.223 e. The molecule has 0 radical (unpaired) electrons. The van der Waals surface area contributed by atoms with Crippen LogP contribution in [0.5, 0.6) is 0 Å². The molecule has 2 aromatic rings. The normalized spacial score (nSPS) is 18.1. The molecule has 8 heteroatoms. The third kappa shape index (κ3) is 5.60. The minimum atomic E-state index is -0.116. The zero-order valence-electron chi connectivity index (χ0n) is 20.7. The molecule has 1 atom stereocenters. The number of hydrogen-bond acceptors (Lipinski definition) is 5. The number of benzene rings is 1. The number of likely N-dealkylation sites (tertiary alicyclic amines) is 1. The molecule has 0 bridgehead atoms. The highest BCUT2D eigenvalue weighted by Crippen LogP contribution is 2.34. The van der Waals surface area contributed by atoms with E-state index in [1.54, 1.807) is 0 Å². The van der Waals surface area contributed by atoms with E-state index >= 15 is 0 Å². The van der Waals surface area contributed by atoms with Crippen molar-refractivity contribution < 1.29 is 9.59 Å². The number of amides is 2. The Morgan fingerprint density at radius 3 is 2.41 bits per heavy atom. The third-order valence-corrected chi connectivity index (χ3v) is 7.13. The summed E-state index contributed by atoms with van der Waals surface area (Å²) in [6, 6.07) is 10.5. The second-order valence-corrected chi connectivity index (χ2v) is 9.65. The van der Waals surface area contributed by atoms with Crippen molar-refractivity contribution in [3.63, 3.8) is 0 Å². The molecule has 184 valence electrons. The van der Waals surface area contributed by atoms with Crippen LogP contribution in [-0.2, 0) is 9.59 Å². The van der Waals surface area contributed by atoms with Gasteiger partial charge in [-0.3, -0.25) is 9.59 Å². The number of hydrogen-bond donors (Lipinski definition) is 2. The van der Waals surface area contributed by atoms with Crippen LogP contribution in [-0.4, -0.2) is 65.3 Å². The Kier molecular flexibility index (Phi) is 7.88. The van der Waals surface area contributed by atoms with Crippen LogP contribution < -0.4 is 15.5 Å². The summed E-state index contributed by atoms with van der Waals surface area (Å²) in [5, 5.41) is 10.9. The molecule has 8 nitrogen and oxygen atoms in total. The van der Waals surface area contributed by atoms with Crippen LogP contribution in [0.15, 0.2) is 30.3 Å². The molecular weight excluding hydrogens is 428 g/mol. The summed E-state index contributed by atoms with van der Waals surface area (Å²) in [4.78, 5) is 29.5. The first-order valence-electron chi connectivity index (χ1n) is 12.6. The van der Waals surface area contributed by atoms with E-state index in [1.165, 1.54) is 32.9 Å². The monoisotopic (exact) mass is 466 g/mol. The summed E-state index contributed by atoms with van der Waals surface area (Å²) < 4.78 is 1.90. The summed E-state index contributed by atoms with van der Waals surface area (Å²) in [6.07, 6.45) is 5.15. The van der Waals surface area contributed by atoms with Crippen molar-refractivity contribution in [1.29, 1.82) is 0 Å². The Bertz CT molecular complexity index is 975. The molecule has 0 saturated carbocycles. The van der Waals surface area contributed by atoms with E-state index in [4.69, 9.17) is 5.10 Å². The van der Waals surface area contributed by atoms with Crippen LogP contribution in [0.1, 0.15) is 51.6 Å². The largest absolute Gasteiger partial charge is 0.356 e. The molecule has 34 heavy (non-hydrogen) atoms. The van der Waals surface area contributed by atoms with E-state index < -0.39 is 0 Å². The van der Waals surface area contributed by atoms with Gasteiger partial charge in [-0.2, -0.15) is 5.10 Å². The molecule has 2 amide bonds. The van der Waals surface area contributed by atoms with Gasteiger partial charge in [0.15, 0.2) is 5.82 Å². The first kappa shape index (κ1) is 24.3. The molecule has 3 heterocycles. The van der Waals surface area contributed by atoms with E-state index in [0.29, 0.717) is 6.04 Å². The van der Waals surface area contributed by atoms with E-state index in [2.05, 4.69) is 27.4 Å². The lowest BCUT2D eigenvalue weighted by molar-refractivity contribution is -0.125. The minimum Gasteiger partial charge on any atom is -0.356 e. The van der Waals surface area contributed by atoms with Crippen molar-refractivity contribution in [2.45, 2.75) is 58.9 Å². The van der Waals surface area contributed by atoms with E-state index in [-0.39, 0.29) is 17.7 Å². The number of aromatic nitrogens is 2. The maximum absolute atomic E-state index is 12.8. The molecule has 2 fully saturated rings. The summed E-state index contributed by atoms with van der Waals surface area (Å²) in [5.41, 5.74) is 2.47. The number of para-hydroxylation sites is 1. The fourth-order valence-electron chi connectivity index (χ4n) is 5.15. The molecular formula is C26H38N6O2. The lowest BCUT2D eigenvalue weighted by Gasteiger charge is -2.33. The average molecular weight is 467 g/mol. The first-order valence-corrected chi connectivity index (χ1v) is 12.6. The van der Waals surface area contributed by atoms with E-state index in [1.807, 2.05) is 41.9 Å². The number of nitrogens with zero attached hydrogens (tertiary/aromatic N) is 4. The van der Waals surface area contributed by atoms with Gasteiger partial charge in [-0.1, -0.05) is 18.2 Å². The highest BCUT2D eigenvalue weighted by Gasteiger charge is 2.30. The van der Waals surface area contributed by atoms with Gasteiger partial charge in [0, 0.05) is 38.5 Å². The molecule has 2 aliphatic heterocycles. The predicted molar refractivity (Wildman–Crippen MR) is 135 cm³/mol. The molecule has 1 aromatic carbocycles. The molecule has 0 aliphatic carbocycles. The molecule has 0 unspecified atom stereocenters. The Hall–Kier alpha value is -2.87. The van der Waals surface area contributed by atoms with Crippen LogP contribution in [0.2, 0.25) is 0 Å². The van der Waals surface area contributed by atoms with Crippen molar-refractivity contribution in [3.05, 3.63) is 36.0 Å². The van der Waals surface area contributed by atoms with Crippen LogP contribution in [0, 0.1) is 12.8 Å². The summed E-state index contributed by atoms with van der Waals surface area (Å²) in [5.74, 6) is 0.964. The fourth-order valence-corrected chi connectivity index (χ4v) is 5.15. The fraction of sp³-hybridized carbons (Fsp3) is 0.577. The number of aryl methyl sites for hydroxylation is 1. The number of piperidine rings is 1. The van der Waals surface area contributed by atoms with Gasteiger partial charge in [-0.15, -0.1) is 0 Å². The smallest absolute Gasteiger partial charge is 0.223 e. The minimum absolute atomic E-state index is 0.0248. The second kappa shape index (κ2) is 11.0. The van der Waals surface area contributed by atoms with E-state index in [0.717, 1.165) is 61.8 Å². The first-order chi connectivity index (χ1) is 16.4. The zero-order chi connectivity index (χ0) is 24.1. The van der Waals surface area contributed by atoms with Crippen LogP contribution >= 0.6 is 0 Å². The lowest BCUT2D eigenvalue weighted by Crippen LogP contribution is -2.42. The van der Waals surface area contributed by atoms with Crippen LogP contribution in [0.3, 0.4) is 0 Å². The SMILES string of the molecule is CC(=O)Nc1c(C)nn(-c2ccccc2)c1N1CCC(C(=O)NCC[C@@H](C)N2CCCC2)CC1. The zero-order valence-corrected chi connectivity index (χ0v) is 20.7. The Morgan fingerprint density at radius 2 is 1.76 bits per heavy atom. The van der Waals surface area contributed by atoms with Gasteiger partial charge in [0.25, 0.3) is 0 Å². The number of rotatable bonds is 8. The Morgan fingerprint density at radius 1 is 1.09 bits per heavy atom. The topological polar surface area (TPSA) is 82.5 Å². The van der Waals surface area contributed by atoms with Crippen molar-refractivity contribution in [3.8, 4) is 5.69 Å². The van der Waals surface area contributed by atoms with Crippen molar-refractivity contribution in [2.75, 3.05) is 42.9 Å². The van der Waals surface area contributed by atoms with Crippen LogP contribution in [0.25, 0.3) is 5.69 Å². The summed E-state index contributed by atoms with van der Waals surface area (Å²) >= 11 is 0. The van der Waals surface area contributed by atoms with Gasteiger partial charge in [-0.25, -0.2) is 4.68 Å². The maximum atomic E-state index is 12.8. The molecule has 0 spiro atoms. The summed E-state index contributed by atoms with van der Waals surface area (Å²) in [7, 11) is 0. The third-order valence-electron chi connectivity index (χ3n) is 7.13. The van der Waals surface area contributed by atoms with Crippen molar-refractivity contribution in [2.24, 2.45) is 5.92 Å². The van der Waals surface area contributed by atoms with Crippen molar-refractivity contribution >= 4 is 23.3 Å². The van der Waals surface area contributed by atoms with Crippen LogP contribution in [0.4, 0.5) is 11.5 Å². The Balaban J connectivity index is 1.38. The highest BCUT2D eigenvalue weighted by molar-refractivity contribution is 5.93. The molecule has 2 N–H and O–H groups in total. The highest BCUT2D eigenvalue weighted by atomic mass is 16.2. The number of carbonyl (C=O) groups is 2. The molecule has 4 rings (SSSR count). The second-order valence-electron chi connectivity index (χ2n) is 9.65. The standard InChI is InChI=1S/C26H38N6O2/c1-19(30-15-7-8-16-30)11-14-27-25(34)22-12-17-31(18-13-22)26-24(28-21(3)33)20(2)29-32(26)23-9-5-4-6-10-23/h4-6,9-10,19,22H,7-8,11-18H2,1-3H3,(H,27,34)(H,28,33)/t19-/m1/s1. The van der Waals surface area contributed by atoms with Gasteiger partial charge in [0.2, 0.25) is 11.8 Å². The number of anilines is 2. The lowest BCUT2D eigenvalue weighted by atomic mass is 9.95. The molecule has 2 saturated heterocycles. The predicted octanol–water partition coefficient (Wildman–Crippen LogP) is 3.35. The quantitative estimate of drug-likeness (QED) is 0.624. The average Bonchev–Trinajstić information content (AvgIpc) is 3.48. The molecule has 1 aromatic heterocycles. The van der Waals surface area contributed by atoms with Gasteiger partial charge >= 0.3 is 0 Å². The number of carbonyl (C=O) groups excluding carboxylic acids is 2. The van der Waals surface area contributed by atoms with Gasteiger partial charge in [0.05, 0.1) is 11.4 Å². The van der Waals surface area contributed by atoms with Gasteiger partial charge < -0.3 is 20.4 Å². The molecule has 2 aliphatic rings. The summed E-state index contributed by atoms with van der Waals surface area (Å²) in [6.45, 7) is 10.3. The Labute approximate surface area is 202 Å². The number of nitrogens with one attached hydrogen (secondary N) is 2.